The molecular weight excluding hydrogens is 292 g/mol. The first kappa shape index (κ1) is 15.1. The lowest BCUT2D eigenvalue weighted by molar-refractivity contribution is -0.116. The van der Waals surface area contributed by atoms with Crippen molar-refractivity contribution in [3.63, 3.8) is 0 Å². The molecule has 5 nitrogen and oxygen atoms in total. The van der Waals surface area contributed by atoms with E-state index < -0.39 is 0 Å². The second-order valence-corrected chi connectivity index (χ2v) is 5.50. The molecule has 0 spiro atoms. The molecule has 0 bridgehead atoms. The zero-order valence-corrected chi connectivity index (χ0v) is 12.9. The van der Waals surface area contributed by atoms with Crippen LogP contribution in [0.5, 0.6) is 5.75 Å². The van der Waals surface area contributed by atoms with Crippen LogP contribution in [0.25, 0.3) is 0 Å². The maximum Gasteiger partial charge on any atom is 0.254 e. The summed E-state index contributed by atoms with van der Waals surface area (Å²) < 4.78 is 5.44. The van der Waals surface area contributed by atoms with Crippen LogP contribution in [-0.4, -0.2) is 36.9 Å². The molecule has 1 N–H and O–H groups in total. The fourth-order valence-corrected chi connectivity index (χ4v) is 2.55. The van der Waals surface area contributed by atoms with Gasteiger partial charge in [-0.15, -0.1) is 0 Å². The average Bonchev–Trinajstić information content (AvgIpc) is 3.02. The van der Waals surface area contributed by atoms with Crippen LogP contribution < -0.4 is 10.1 Å². The highest BCUT2D eigenvalue weighted by Crippen LogP contribution is 2.26. The van der Waals surface area contributed by atoms with Gasteiger partial charge in [0, 0.05) is 24.7 Å². The van der Waals surface area contributed by atoms with Gasteiger partial charge in [-0.05, 0) is 35.9 Å². The van der Waals surface area contributed by atoms with E-state index in [0.29, 0.717) is 17.9 Å². The lowest BCUT2D eigenvalue weighted by atomic mass is 10.1. The number of ether oxygens (including phenoxy) is 1. The molecule has 1 aliphatic rings. The number of nitrogens with one attached hydrogen (secondary N) is 1. The Morgan fingerprint density at radius 3 is 2.74 bits per heavy atom. The Morgan fingerprint density at radius 2 is 1.96 bits per heavy atom. The average molecular weight is 310 g/mol. The second kappa shape index (κ2) is 6.52. The molecule has 2 amide bonds. The van der Waals surface area contributed by atoms with Crippen LogP contribution in [0.2, 0.25) is 0 Å². The first-order valence-corrected chi connectivity index (χ1v) is 7.49. The first-order valence-electron chi connectivity index (χ1n) is 7.49. The van der Waals surface area contributed by atoms with Gasteiger partial charge >= 0.3 is 0 Å². The maximum atomic E-state index is 12.4. The van der Waals surface area contributed by atoms with E-state index in [-0.39, 0.29) is 18.4 Å². The predicted octanol–water partition coefficient (Wildman–Crippen LogP) is 2.33. The number of anilines is 1. The van der Waals surface area contributed by atoms with Crippen molar-refractivity contribution >= 4 is 17.5 Å². The number of rotatable bonds is 4. The Balaban J connectivity index is 1.62. The van der Waals surface area contributed by atoms with Gasteiger partial charge in [0.25, 0.3) is 5.91 Å². The van der Waals surface area contributed by atoms with Crippen LogP contribution >= 0.6 is 0 Å². The topological polar surface area (TPSA) is 58.6 Å². The van der Waals surface area contributed by atoms with Crippen LogP contribution in [0.1, 0.15) is 15.9 Å². The van der Waals surface area contributed by atoms with Gasteiger partial charge in [0.05, 0.1) is 13.2 Å². The molecule has 5 heteroatoms. The number of carbonyl (C=O) groups excluding carboxylic acids is 2. The fraction of sp³-hybridized carbons (Fsp3) is 0.222. The highest BCUT2D eigenvalue weighted by Gasteiger charge is 2.18. The lowest BCUT2D eigenvalue weighted by Crippen LogP contribution is -2.34. The number of hydrogen-bond donors (Lipinski definition) is 1. The number of nitrogens with zero attached hydrogens (tertiary/aromatic N) is 1. The normalized spacial score (nSPS) is 12.2. The summed E-state index contributed by atoms with van der Waals surface area (Å²) in [6.07, 6.45) is 0.814. The molecule has 0 saturated carbocycles. The molecule has 0 fully saturated rings. The zero-order valence-electron chi connectivity index (χ0n) is 12.9. The molecule has 0 radical (unpaired) electrons. The smallest absolute Gasteiger partial charge is 0.254 e. The third-order valence-corrected chi connectivity index (χ3v) is 3.72. The van der Waals surface area contributed by atoms with Crippen molar-refractivity contribution in [1.82, 2.24) is 4.90 Å². The predicted molar refractivity (Wildman–Crippen MR) is 87.7 cm³/mol. The quantitative estimate of drug-likeness (QED) is 0.943. The van der Waals surface area contributed by atoms with Crippen molar-refractivity contribution in [3.8, 4) is 5.75 Å². The number of benzene rings is 2. The minimum Gasteiger partial charge on any atom is -0.493 e. The standard InChI is InChI=1S/C18H18N2O3/c1-20(12-17(21)19-15-5-3-2-4-6-15)18(22)14-7-8-16-13(11-14)9-10-23-16/h2-8,11H,9-10,12H2,1H3,(H,19,21). The van der Waals surface area contributed by atoms with Gasteiger partial charge in [-0.2, -0.15) is 0 Å². The van der Waals surface area contributed by atoms with E-state index >= 15 is 0 Å². The number of fused-ring (bicyclic) bond motifs is 1. The van der Waals surface area contributed by atoms with Crippen LogP contribution in [0.3, 0.4) is 0 Å². The van der Waals surface area contributed by atoms with Crippen molar-refractivity contribution in [1.29, 1.82) is 0 Å². The third kappa shape index (κ3) is 3.51. The fourth-order valence-electron chi connectivity index (χ4n) is 2.55. The minimum absolute atomic E-state index is 0.00130. The second-order valence-electron chi connectivity index (χ2n) is 5.50. The van der Waals surface area contributed by atoms with E-state index in [1.807, 2.05) is 30.3 Å². The molecule has 0 atom stereocenters. The maximum absolute atomic E-state index is 12.4. The molecule has 0 aromatic heterocycles. The van der Waals surface area contributed by atoms with Crippen LogP contribution in [0, 0.1) is 0 Å². The van der Waals surface area contributed by atoms with Crippen molar-refractivity contribution in [2.45, 2.75) is 6.42 Å². The summed E-state index contributed by atoms with van der Waals surface area (Å²) in [6, 6.07) is 14.6. The minimum atomic E-state index is -0.225. The van der Waals surface area contributed by atoms with E-state index in [9.17, 15) is 9.59 Å². The number of likely N-dealkylation sites (N-methyl/N-ethyl adjacent to an activating group) is 1. The summed E-state index contributed by atoms with van der Waals surface area (Å²) in [5, 5.41) is 2.77. The van der Waals surface area contributed by atoms with Gasteiger partial charge in [0.1, 0.15) is 5.75 Å². The van der Waals surface area contributed by atoms with Gasteiger partial charge in [-0.25, -0.2) is 0 Å². The van der Waals surface area contributed by atoms with E-state index in [1.54, 1.807) is 25.2 Å². The molecule has 0 saturated heterocycles. The Hall–Kier alpha value is -2.82. The number of carbonyl (C=O) groups is 2. The Kier molecular flexibility index (Phi) is 4.28. The van der Waals surface area contributed by atoms with E-state index in [4.69, 9.17) is 4.74 Å². The molecule has 2 aromatic carbocycles. The molecule has 23 heavy (non-hydrogen) atoms. The summed E-state index contributed by atoms with van der Waals surface area (Å²) in [4.78, 5) is 25.9. The highest BCUT2D eigenvalue weighted by molar-refractivity contribution is 5.99. The first-order chi connectivity index (χ1) is 11.1. The van der Waals surface area contributed by atoms with E-state index in [2.05, 4.69) is 5.32 Å². The monoisotopic (exact) mass is 310 g/mol. The van der Waals surface area contributed by atoms with Gasteiger partial charge in [0.15, 0.2) is 0 Å². The number of hydrogen-bond acceptors (Lipinski definition) is 3. The van der Waals surface area contributed by atoms with E-state index in [0.717, 1.165) is 17.7 Å². The summed E-state index contributed by atoms with van der Waals surface area (Å²) in [7, 11) is 1.62. The van der Waals surface area contributed by atoms with Crippen molar-refractivity contribution in [3.05, 3.63) is 59.7 Å². The zero-order chi connectivity index (χ0) is 16.2. The molecule has 0 aliphatic carbocycles. The third-order valence-electron chi connectivity index (χ3n) is 3.72. The summed E-state index contributed by atoms with van der Waals surface area (Å²) in [5.41, 5.74) is 2.33. The summed E-state index contributed by atoms with van der Waals surface area (Å²) in [6.45, 7) is 0.656. The number of amides is 2. The van der Waals surface area contributed by atoms with Crippen molar-refractivity contribution in [2.24, 2.45) is 0 Å². The Bertz CT molecular complexity index is 728. The van der Waals surface area contributed by atoms with Gasteiger partial charge in [-0.3, -0.25) is 9.59 Å². The van der Waals surface area contributed by atoms with Crippen LogP contribution in [0.4, 0.5) is 5.69 Å². The molecular formula is C18H18N2O3. The summed E-state index contributed by atoms with van der Waals surface area (Å²) >= 11 is 0. The number of para-hydroxylation sites is 1. The van der Waals surface area contributed by atoms with Crippen molar-refractivity contribution < 1.29 is 14.3 Å². The molecule has 1 aliphatic heterocycles. The lowest BCUT2D eigenvalue weighted by Gasteiger charge is -2.17. The highest BCUT2D eigenvalue weighted by atomic mass is 16.5. The molecule has 0 unspecified atom stereocenters. The van der Waals surface area contributed by atoms with Gasteiger partial charge < -0.3 is 15.0 Å². The molecule has 118 valence electrons. The molecule has 1 heterocycles. The van der Waals surface area contributed by atoms with E-state index in [1.165, 1.54) is 4.90 Å². The van der Waals surface area contributed by atoms with Crippen LogP contribution in [0.15, 0.2) is 48.5 Å². The largest absolute Gasteiger partial charge is 0.493 e. The van der Waals surface area contributed by atoms with Crippen LogP contribution in [-0.2, 0) is 11.2 Å². The molecule has 3 rings (SSSR count). The Morgan fingerprint density at radius 1 is 1.17 bits per heavy atom. The van der Waals surface area contributed by atoms with Crippen molar-refractivity contribution in [2.75, 3.05) is 25.5 Å². The van der Waals surface area contributed by atoms with Gasteiger partial charge in [-0.1, -0.05) is 18.2 Å². The van der Waals surface area contributed by atoms with Gasteiger partial charge in [0.2, 0.25) is 5.91 Å². The Labute approximate surface area is 134 Å². The molecule has 2 aromatic rings. The SMILES string of the molecule is CN(CC(=O)Nc1ccccc1)C(=O)c1ccc2c(c1)CCO2. The summed E-state index contributed by atoms with van der Waals surface area (Å²) in [5.74, 6) is 0.436.